The third-order valence-corrected chi connectivity index (χ3v) is 9.13. The van der Waals surface area contributed by atoms with Crippen molar-refractivity contribution in [1.29, 1.82) is 0 Å². The molecule has 0 aromatic carbocycles. The molecule has 0 amide bonds. The van der Waals surface area contributed by atoms with Crippen LogP contribution in [-0.4, -0.2) is 34.6 Å². The second-order valence-corrected chi connectivity index (χ2v) is 11.2. The van der Waals surface area contributed by atoms with Gasteiger partial charge in [-0.3, -0.25) is 0 Å². The lowest BCUT2D eigenvalue weighted by atomic mass is 9.56. The van der Waals surface area contributed by atoms with Crippen LogP contribution >= 0.6 is 0 Å². The summed E-state index contributed by atoms with van der Waals surface area (Å²) in [4.78, 5) is 0. The van der Waals surface area contributed by atoms with E-state index in [2.05, 4.69) is 0 Å². The first kappa shape index (κ1) is 22.6. The van der Waals surface area contributed by atoms with Crippen LogP contribution in [0.25, 0.3) is 0 Å². The maximum absolute atomic E-state index is 13.3. The third kappa shape index (κ3) is 2.97. The molecule has 0 aliphatic heterocycles. The molecule has 4 aliphatic carbocycles. The SMILES string of the molecule is CC(N)C1C2CC(C3C4CC(CC(O)(C(F)(F)F)C(F)(F)F)C(C4)C23)C1C(C)(C)N. The lowest BCUT2D eigenvalue weighted by Crippen LogP contribution is -2.59. The summed E-state index contributed by atoms with van der Waals surface area (Å²) in [6.07, 6.45) is -10.9. The Morgan fingerprint density at radius 2 is 1.47 bits per heavy atom. The average molecular weight is 442 g/mol. The van der Waals surface area contributed by atoms with E-state index in [0.717, 1.165) is 6.42 Å². The zero-order chi connectivity index (χ0) is 22.6. The minimum absolute atomic E-state index is 0.0964. The zero-order valence-electron chi connectivity index (χ0n) is 17.5. The molecule has 0 aromatic rings. The summed E-state index contributed by atoms with van der Waals surface area (Å²) >= 11 is 0. The van der Waals surface area contributed by atoms with E-state index in [0.29, 0.717) is 24.7 Å². The van der Waals surface area contributed by atoms with Gasteiger partial charge in [0, 0.05) is 11.6 Å². The molecule has 30 heavy (non-hydrogen) atoms. The molecule has 4 saturated carbocycles. The summed E-state index contributed by atoms with van der Waals surface area (Å²) in [5.41, 5.74) is 7.73. The van der Waals surface area contributed by atoms with Crippen molar-refractivity contribution in [2.24, 2.45) is 64.7 Å². The zero-order valence-corrected chi connectivity index (χ0v) is 17.5. The number of hydrogen-bond acceptors (Lipinski definition) is 3. The summed E-state index contributed by atoms with van der Waals surface area (Å²) in [6, 6.07) is -0.131. The van der Waals surface area contributed by atoms with Gasteiger partial charge in [0.15, 0.2) is 0 Å². The molecular formula is C21H32F6N2O. The van der Waals surface area contributed by atoms with Gasteiger partial charge >= 0.3 is 12.4 Å². The standard InChI is InChI=1S/C21H32F6N2O/c1-8(28)14-12-6-13(17(14)18(2,3)29)15-9-4-10(11(5-9)16(12)15)7-19(30,20(22,23)24)21(25,26)27/h8-17,30H,4-7,28-29H2,1-3H3. The molecule has 0 spiro atoms. The molecule has 4 aliphatic rings. The predicted octanol–water partition coefficient (Wildman–Crippen LogP) is 4.09. The average Bonchev–Trinajstić information content (AvgIpc) is 3.27. The van der Waals surface area contributed by atoms with Crippen molar-refractivity contribution in [3.05, 3.63) is 0 Å². The van der Waals surface area contributed by atoms with Gasteiger partial charge in [0.25, 0.3) is 5.60 Å². The molecule has 4 rings (SSSR count). The van der Waals surface area contributed by atoms with Gasteiger partial charge in [0.2, 0.25) is 0 Å². The first-order chi connectivity index (χ1) is 13.5. The minimum Gasteiger partial charge on any atom is -0.374 e. The normalized spacial score (nSPS) is 44.6. The van der Waals surface area contributed by atoms with E-state index in [4.69, 9.17) is 11.5 Å². The van der Waals surface area contributed by atoms with Crippen molar-refractivity contribution >= 4 is 0 Å². The van der Waals surface area contributed by atoms with Crippen LogP contribution in [0.2, 0.25) is 0 Å². The second kappa shape index (κ2) is 6.50. The summed E-state index contributed by atoms with van der Waals surface area (Å²) in [5.74, 6) is 0.389. The molecule has 0 saturated heterocycles. The van der Waals surface area contributed by atoms with Gasteiger partial charge in [-0.1, -0.05) is 0 Å². The summed E-state index contributed by atoms with van der Waals surface area (Å²) in [6.45, 7) is 5.91. The van der Waals surface area contributed by atoms with Gasteiger partial charge in [-0.25, -0.2) is 0 Å². The minimum atomic E-state index is -5.75. The first-order valence-electron chi connectivity index (χ1n) is 10.9. The molecule has 174 valence electrons. The molecule has 10 unspecified atom stereocenters. The van der Waals surface area contributed by atoms with Gasteiger partial charge in [0.05, 0.1) is 0 Å². The van der Waals surface area contributed by atoms with Crippen molar-refractivity contribution in [3.63, 3.8) is 0 Å². The lowest BCUT2D eigenvalue weighted by molar-refractivity contribution is -0.373. The van der Waals surface area contributed by atoms with Crippen molar-refractivity contribution in [2.75, 3.05) is 0 Å². The van der Waals surface area contributed by atoms with E-state index >= 15 is 0 Å². The van der Waals surface area contributed by atoms with E-state index in [1.807, 2.05) is 20.8 Å². The van der Waals surface area contributed by atoms with Crippen LogP contribution in [-0.2, 0) is 0 Å². The van der Waals surface area contributed by atoms with Crippen molar-refractivity contribution in [1.82, 2.24) is 0 Å². The Morgan fingerprint density at radius 1 is 0.900 bits per heavy atom. The van der Waals surface area contributed by atoms with Gasteiger partial charge in [0.1, 0.15) is 0 Å². The van der Waals surface area contributed by atoms with E-state index in [1.165, 1.54) is 0 Å². The van der Waals surface area contributed by atoms with Crippen molar-refractivity contribution < 1.29 is 31.4 Å². The van der Waals surface area contributed by atoms with Gasteiger partial charge in [-0.15, -0.1) is 0 Å². The number of nitrogens with two attached hydrogens (primary N) is 2. The van der Waals surface area contributed by atoms with Gasteiger partial charge in [-0.05, 0) is 99.7 Å². The molecule has 9 heteroatoms. The highest BCUT2D eigenvalue weighted by Crippen LogP contribution is 2.73. The van der Waals surface area contributed by atoms with Gasteiger partial charge in [-0.2, -0.15) is 26.3 Å². The maximum atomic E-state index is 13.3. The van der Waals surface area contributed by atoms with E-state index in [-0.39, 0.29) is 41.5 Å². The van der Waals surface area contributed by atoms with Crippen LogP contribution in [0, 0.1) is 53.3 Å². The molecule has 0 aromatic heterocycles. The fourth-order valence-corrected chi connectivity index (χ4v) is 8.58. The number of fused-ring (bicyclic) bond motifs is 9. The third-order valence-electron chi connectivity index (χ3n) is 9.13. The van der Waals surface area contributed by atoms with E-state index in [9.17, 15) is 31.4 Å². The Hall–Kier alpha value is -0.540. The van der Waals surface area contributed by atoms with Gasteiger partial charge < -0.3 is 16.6 Å². The summed E-state index contributed by atoms with van der Waals surface area (Å²) in [5, 5.41) is 9.75. The number of alkyl halides is 6. The Kier molecular flexibility index (Phi) is 4.91. The molecule has 3 nitrogen and oxygen atoms in total. The summed E-state index contributed by atoms with van der Waals surface area (Å²) < 4.78 is 79.6. The van der Waals surface area contributed by atoms with Crippen LogP contribution < -0.4 is 11.5 Å². The highest BCUT2D eigenvalue weighted by molar-refractivity contribution is 5.19. The molecule has 0 radical (unpaired) electrons. The van der Waals surface area contributed by atoms with Crippen LogP contribution in [0.1, 0.15) is 46.5 Å². The van der Waals surface area contributed by atoms with Crippen molar-refractivity contribution in [3.8, 4) is 0 Å². The van der Waals surface area contributed by atoms with E-state index in [1.54, 1.807) is 0 Å². The Balaban J connectivity index is 1.61. The number of rotatable bonds is 4. The monoisotopic (exact) mass is 442 g/mol. The predicted molar refractivity (Wildman–Crippen MR) is 98.9 cm³/mol. The molecule has 10 atom stereocenters. The van der Waals surface area contributed by atoms with Crippen LogP contribution in [0.3, 0.4) is 0 Å². The molecule has 4 fully saturated rings. The Bertz CT molecular complexity index is 670. The van der Waals surface area contributed by atoms with Crippen LogP contribution in [0.4, 0.5) is 26.3 Å². The second-order valence-electron chi connectivity index (χ2n) is 11.2. The molecule has 5 N–H and O–H groups in total. The smallest absolute Gasteiger partial charge is 0.374 e. The van der Waals surface area contributed by atoms with Crippen molar-refractivity contribution in [2.45, 2.75) is 76.0 Å². The van der Waals surface area contributed by atoms with Crippen LogP contribution in [0.15, 0.2) is 0 Å². The fraction of sp³-hybridized carbons (Fsp3) is 1.00. The number of aliphatic hydroxyl groups is 1. The largest absolute Gasteiger partial charge is 0.426 e. The quantitative estimate of drug-likeness (QED) is 0.454. The maximum Gasteiger partial charge on any atom is 0.426 e. The summed E-state index contributed by atoms with van der Waals surface area (Å²) in [7, 11) is 0. The molecule has 4 bridgehead atoms. The highest BCUT2D eigenvalue weighted by Gasteiger charge is 2.74. The Labute approximate surface area is 172 Å². The molecule has 0 heterocycles. The molecular weight excluding hydrogens is 410 g/mol. The number of halogens is 6. The fourth-order valence-electron chi connectivity index (χ4n) is 8.58. The first-order valence-corrected chi connectivity index (χ1v) is 10.9. The Morgan fingerprint density at radius 3 is 1.93 bits per heavy atom. The highest BCUT2D eigenvalue weighted by atomic mass is 19.4. The topological polar surface area (TPSA) is 72.3 Å². The lowest BCUT2D eigenvalue weighted by Gasteiger charge is -2.51. The van der Waals surface area contributed by atoms with Crippen LogP contribution in [0.5, 0.6) is 0 Å². The number of hydrogen-bond donors (Lipinski definition) is 3. The van der Waals surface area contributed by atoms with E-state index < -0.39 is 35.8 Å².